The Morgan fingerprint density at radius 1 is 1.06 bits per heavy atom. The first kappa shape index (κ1) is 10.6. The van der Waals surface area contributed by atoms with Crippen molar-refractivity contribution in [1.29, 1.82) is 0 Å². The van der Waals surface area contributed by atoms with Gasteiger partial charge in [-0.25, -0.2) is 0 Å². The van der Waals surface area contributed by atoms with Crippen molar-refractivity contribution < 1.29 is 0 Å². The number of benzene rings is 1. The highest BCUT2D eigenvalue weighted by molar-refractivity contribution is 5.91. The summed E-state index contributed by atoms with van der Waals surface area (Å²) < 4.78 is 2.41. The van der Waals surface area contributed by atoms with Crippen molar-refractivity contribution in [2.75, 3.05) is 0 Å². The molecule has 2 aromatic rings. The summed E-state index contributed by atoms with van der Waals surface area (Å²) in [6.45, 7) is 11.3. The van der Waals surface area contributed by atoms with Gasteiger partial charge in [0.2, 0.25) is 0 Å². The van der Waals surface area contributed by atoms with Gasteiger partial charge in [0.25, 0.3) is 0 Å². The molecule has 17 heavy (non-hydrogen) atoms. The van der Waals surface area contributed by atoms with Crippen molar-refractivity contribution in [3.05, 3.63) is 41.1 Å². The molecule has 0 bridgehead atoms. The molecule has 1 nitrogen and oxygen atoms in total. The predicted molar refractivity (Wildman–Crippen MR) is 74.3 cm³/mol. The first-order valence-corrected chi connectivity index (χ1v) is 6.24. The number of para-hydroxylation sites is 1. The van der Waals surface area contributed by atoms with Gasteiger partial charge in [-0.05, 0) is 38.0 Å². The lowest BCUT2D eigenvalue weighted by Crippen LogP contribution is -2.25. The molecule has 1 heteroatoms. The van der Waals surface area contributed by atoms with Gasteiger partial charge >= 0.3 is 0 Å². The summed E-state index contributed by atoms with van der Waals surface area (Å²) in [4.78, 5) is 0. The van der Waals surface area contributed by atoms with E-state index in [1.165, 1.54) is 33.4 Å². The highest BCUT2D eigenvalue weighted by Crippen LogP contribution is 2.44. The van der Waals surface area contributed by atoms with Gasteiger partial charge in [-0.1, -0.05) is 32.0 Å². The fraction of sp³-hybridized carbons (Fsp3) is 0.375. The Bertz CT molecular complexity index is 653. The molecule has 0 spiro atoms. The molecule has 0 amide bonds. The van der Waals surface area contributed by atoms with Gasteiger partial charge in [0, 0.05) is 22.2 Å². The third kappa shape index (κ3) is 1.14. The summed E-state index contributed by atoms with van der Waals surface area (Å²) in [7, 11) is 0. The maximum Gasteiger partial charge on any atom is 0.0568 e. The highest BCUT2D eigenvalue weighted by Gasteiger charge is 2.32. The normalized spacial score (nSPS) is 17.9. The third-order valence-electron chi connectivity index (χ3n) is 4.50. The summed E-state index contributed by atoms with van der Waals surface area (Å²) in [6, 6.07) is 8.95. The predicted octanol–water partition coefficient (Wildman–Crippen LogP) is 4.49. The van der Waals surface area contributed by atoms with Crippen LogP contribution in [-0.2, 0) is 5.41 Å². The first-order valence-electron chi connectivity index (χ1n) is 6.24. The average molecular weight is 225 g/mol. The van der Waals surface area contributed by atoms with Crippen LogP contribution in [0.2, 0.25) is 0 Å². The van der Waals surface area contributed by atoms with Crippen LogP contribution in [0.15, 0.2) is 29.8 Å². The van der Waals surface area contributed by atoms with E-state index in [1.807, 2.05) is 0 Å². The van der Waals surface area contributed by atoms with E-state index in [2.05, 4.69) is 63.5 Å². The number of aromatic nitrogens is 1. The van der Waals surface area contributed by atoms with E-state index in [0.717, 1.165) is 0 Å². The number of nitrogens with zero attached hydrogens (tertiary/aromatic N) is 1. The molecule has 1 aliphatic heterocycles. The van der Waals surface area contributed by atoms with E-state index < -0.39 is 0 Å². The first-order chi connectivity index (χ1) is 7.94. The molecular formula is C16H19N. The lowest BCUT2D eigenvalue weighted by atomic mass is 9.75. The molecule has 0 aliphatic carbocycles. The molecule has 0 N–H and O–H groups in total. The van der Waals surface area contributed by atoms with Crippen LogP contribution in [0.3, 0.4) is 0 Å². The van der Waals surface area contributed by atoms with Crippen LogP contribution in [0.5, 0.6) is 0 Å². The van der Waals surface area contributed by atoms with E-state index in [4.69, 9.17) is 0 Å². The topological polar surface area (TPSA) is 4.93 Å². The quantitative estimate of drug-likeness (QED) is 0.622. The van der Waals surface area contributed by atoms with Crippen molar-refractivity contribution in [1.82, 2.24) is 4.57 Å². The number of allylic oxidation sites excluding steroid dienone is 2. The molecule has 0 saturated heterocycles. The lowest BCUT2D eigenvalue weighted by molar-refractivity contribution is 0.614. The van der Waals surface area contributed by atoms with E-state index in [9.17, 15) is 0 Å². The van der Waals surface area contributed by atoms with E-state index >= 15 is 0 Å². The Morgan fingerprint density at radius 2 is 1.76 bits per heavy atom. The Hall–Kier alpha value is -1.50. The van der Waals surface area contributed by atoms with Gasteiger partial charge in [-0.15, -0.1) is 0 Å². The van der Waals surface area contributed by atoms with Crippen LogP contribution >= 0.6 is 0 Å². The Balaban J connectivity index is 2.57. The number of rotatable bonds is 0. The molecule has 0 radical (unpaired) electrons. The zero-order valence-corrected chi connectivity index (χ0v) is 11.3. The molecule has 0 saturated carbocycles. The monoisotopic (exact) mass is 225 g/mol. The molecule has 2 heterocycles. The number of hydrogen-bond acceptors (Lipinski definition) is 0. The van der Waals surface area contributed by atoms with Gasteiger partial charge in [-0.3, -0.25) is 0 Å². The van der Waals surface area contributed by atoms with Crippen molar-refractivity contribution in [3.63, 3.8) is 0 Å². The number of hydrogen-bond donors (Lipinski definition) is 0. The van der Waals surface area contributed by atoms with Gasteiger partial charge < -0.3 is 4.57 Å². The minimum absolute atomic E-state index is 0.143. The second-order valence-electron chi connectivity index (χ2n) is 5.70. The average Bonchev–Trinajstić information content (AvgIpc) is 2.61. The van der Waals surface area contributed by atoms with E-state index in [1.54, 1.807) is 0 Å². The van der Waals surface area contributed by atoms with Crippen LogP contribution in [-0.4, -0.2) is 4.57 Å². The SMILES string of the molecule is CC1=C(C)C(C)(C)c2cccc3cc(C)n1c23. The molecule has 88 valence electrons. The zero-order valence-electron chi connectivity index (χ0n) is 11.3. The summed E-state index contributed by atoms with van der Waals surface area (Å²) in [6.07, 6.45) is 0. The van der Waals surface area contributed by atoms with Crippen LogP contribution in [0.25, 0.3) is 16.6 Å². The summed E-state index contributed by atoms with van der Waals surface area (Å²) in [5.74, 6) is 0. The zero-order chi connectivity index (χ0) is 12.4. The van der Waals surface area contributed by atoms with Crippen molar-refractivity contribution in [2.24, 2.45) is 0 Å². The van der Waals surface area contributed by atoms with Crippen molar-refractivity contribution in [2.45, 2.75) is 40.0 Å². The third-order valence-corrected chi connectivity index (χ3v) is 4.50. The van der Waals surface area contributed by atoms with Gasteiger partial charge in [0.1, 0.15) is 0 Å². The minimum atomic E-state index is 0.143. The highest BCUT2D eigenvalue weighted by atomic mass is 15.0. The van der Waals surface area contributed by atoms with Crippen molar-refractivity contribution >= 4 is 16.6 Å². The Morgan fingerprint density at radius 3 is 2.47 bits per heavy atom. The molecule has 1 aromatic heterocycles. The second-order valence-corrected chi connectivity index (χ2v) is 5.70. The summed E-state index contributed by atoms with van der Waals surface area (Å²) >= 11 is 0. The van der Waals surface area contributed by atoms with Gasteiger partial charge in [0.15, 0.2) is 0 Å². The fourth-order valence-corrected chi connectivity index (χ4v) is 3.15. The standard InChI is InChI=1S/C16H19N/c1-10-9-13-7-6-8-14-15(13)17(10)12(3)11(2)16(14,4)5/h6-9H,1-5H3. The maximum absolute atomic E-state index is 2.41. The van der Waals surface area contributed by atoms with Crippen LogP contribution in [0.1, 0.15) is 39.0 Å². The van der Waals surface area contributed by atoms with Crippen molar-refractivity contribution in [3.8, 4) is 0 Å². The molecule has 1 aliphatic rings. The van der Waals surface area contributed by atoms with E-state index in [0.29, 0.717) is 0 Å². The fourth-order valence-electron chi connectivity index (χ4n) is 3.15. The molecule has 0 fully saturated rings. The maximum atomic E-state index is 2.41. The van der Waals surface area contributed by atoms with E-state index in [-0.39, 0.29) is 5.41 Å². The number of aryl methyl sites for hydroxylation is 1. The Labute approximate surface area is 103 Å². The smallest absolute Gasteiger partial charge is 0.0568 e. The van der Waals surface area contributed by atoms with Crippen LogP contribution < -0.4 is 0 Å². The Kier molecular flexibility index (Phi) is 1.90. The molecule has 0 unspecified atom stereocenters. The largest absolute Gasteiger partial charge is 0.318 e. The van der Waals surface area contributed by atoms with Gasteiger partial charge in [0.05, 0.1) is 5.52 Å². The second kappa shape index (κ2) is 3.04. The molecule has 1 aromatic carbocycles. The molecule has 0 atom stereocenters. The van der Waals surface area contributed by atoms with Crippen LogP contribution in [0, 0.1) is 6.92 Å². The molecular weight excluding hydrogens is 206 g/mol. The minimum Gasteiger partial charge on any atom is -0.318 e. The molecule has 3 rings (SSSR count). The summed E-state index contributed by atoms with van der Waals surface area (Å²) in [5, 5.41) is 1.36. The summed E-state index contributed by atoms with van der Waals surface area (Å²) in [5.41, 5.74) is 7.19. The van der Waals surface area contributed by atoms with Gasteiger partial charge in [-0.2, -0.15) is 0 Å². The van der Waals surface area contributed by atoms with Crippen LogP contribution in [0.4, 0.5) is 0 Å². The lowest BCUT2D eigenvalue weighted by Gasteiger charge is -2.34.